The second kappa shape index (κ2) is 15.7. The third-order valence-electron chi connectivity index (χ3n) is 6.39. The zero-order valence-corrected chi connectivity index (χ0v) is 21.6. The van der Waals surface area contributed by atoms with Crippen LogP contribution in [0.4, 0.5) is 13.2 Å². The molecule has 9 nitrogen and oxygen atoms in total. The van der Waals surface area contributed by atoms with Gasteiger partial charge in [0.05, 0.1) is 44.2 Å². The minimum absolute atomic E-state index is 0.0354. The number of rotatable bonds is 17. The molecule has 0 bridgehead atoms. The SMILES string of the molecule is COCCOCO[C@H](/C=C/[C@@H]1[C@H]2CC(O)O[C@H]2C[C@H]1OCOCCOC)COc1cccc(C(F)(F)F)c1. The van der Waals surface area contributed by atoms with Crippen LogP contribution in [0.15, 0.2) is 36.4 Å². The van der Waals surface area contributed by atoms with Crippen LogP contribution < -0.4 is 4.74 Å². The van der Waals surface area contributed by atoms with Crippen LogP contribution in [0.3, 0.4) is 0 Å². The van der Waals surface area contributed by atoms with Crippen LogP contribution in [0.25, 0.3) is 0 Å². The highest BCUT2D eigenvalue weighted by Gasteiger charge is 2.48. The Hall–Kier alpha value is -1.77. The van der Waals surface area contributed by atoms with Gasteiger partial charge < -0.3 is 43.0 Å². The first-order valence-electron chi connectivity index (χ1n) is 12.5. The largest absolute Gasteiger partial charge is 0.491 e. The summed E-state index contributed by atoms with van der Waals surface area (Å²) in [7, 11) is 3.14. The van der Waals surface area contributed by atoms with Gasteiger partial charge in [0.15, 0.2) is 6.29 Å². The summed E-state index contributed by atoms with van der Waals surface area (Å²) in [5, 5.41) is 9.99. The number of hydrogen-bond donors (Lipinski definition) is 1. The molecule has 0 amide bonds. The second-order valence-corrected chi connectivity index (χ2v) is 9.01. The maximum atomic E-state index is 13.1. The maximum Gasteiger partial charge on any atom is 0.416 e. The minimum atomic E-state index is -4.47. The molecular weight excluding hydrogens is 513 g/mol. The third kappa shape index (κ3) is 9.76. The van der Waals surface area contributed by atoms with Crippen molar-refractivity contribution in [2.45, 2.75) is 43.6 Å². The molecule has 1 saturated heterocycles. The van der Waals surface area contributed by atoms with E-state index in [1.54, 1.807) is 20.3 Å². The number of hydrogen-bond acceptors (Lipinski definition) is 9. The van der Waals surface area contributed by atoms with E-state index in [0.717, 1.165) is 12.1 Å². The molecule has 1 aromatic rings. The van der Waals surface area contributed by atoms with Gasteiger partial charge in [-0.1, -0.05) is 18.2 Å². The molecule has 2 aliphatic rings. The van der Waals surface area contributed by atoms with Crippen LogP contribution in [-0.4, -0.2) is 90.5 Å². The average molecular weight is 551 g/mol. The average Bonchev–Trinajstić information content (AvgIpc) is 3.40. The Bertz CT molecular complexity index is 838. The maximum absolute atomic E-state index is 13.1. The smallest absolute Gasteiger partial charge is 0.416 e. The zero-order chi connectivity index (χ0) is 27.4. The molecule has 1 aromatic carbocycles. The Morgan fingerprint density at radius 1 is 1.05 bits per heavy atom. The normalized spacial score (nSPS) is 26.2. The Balaban J connectivity index is 1.65. The summed E-state index contributed by atoms with van der Waals surface area (Å²) in [6.45, 7) is 1.55. The monoisotopic (exact) mass is 550 g/mol. The number of aliphatic hydroxyl groups excluding tert-OH is 1. The van der Waals surface area contributed by atoms with Gasteiger partial charge in [-0.2, -0.15) is 13.2 Å². The Morgan fingerprint density at radius 3 is 2.50 bits per heavy atom. The number of halogens is 3. The van der Waals surface area contributed by atoms with Crippen molar-refractivity contribution in [1.82, 2.24) is 0 Å². The lowest BCUT2D eigenvalue weighted by Crippen LogP contribution is -2.26. The standard InChI is InChI=1S/C26H37F3O9/c1-31-8-10-33-16-36-20(15-35-19-5-3-4-18(12-19)26(27,28)29)6-7-21-22-13-25(30)38-24(22)14-23(21)37-17-34-11-9-32-2/h3-7,12,20-25,30H,8-11,13-17H2,1-2H3/b7-6+/t20-,21-,22-,23-,24+,25?/m1/s1. The molecule has 1 N–H and O–H groups in total. The van der Waals surface area contributed by atoms with E-state index >= 15 is 0 Å². The molecule has 1 heterocycles. The van der Waals surface area contributed by atoms with Gasteiger partial charge in [0.2, 0.25) is 0 Å². The zero-order valence-electron chi connectivity index (χ0n) is 21.6. The van der Waals surface area contributed by atoms with Crippen LogP contribution in [-0.2, 0) is 39.3 Å². The predicted molar refractivity (Wildman–Crippen MR) is 128 cm³/mol. The summed E-state index contributed by atoms with van der Waals surface area (Å²) in [6, 6.07) is 4.68. The van der Waals surface area contributed by atoms with Crippen molar-refractivity contribution in [3.8, 4) is 5.75 Å². The molecule has 0 radical (unpaired) electrons. The Labute approximate surface area is 220 Å². The highest BCUT2D eigenvalue weighted by molar-refractivity contribution is 5.30. The van der Waals surface area contributed by atoms with E-state index in [4.69, 9.17) is 37.9 Å². The van der Waals surface area contributed by atoms with E-state index in [9.17, 15) is 18.3 Å². The van der Waals surface area contributed by atoms with Crippen molar-refractivity contribution in [2.24, 2.45) is 11.8 Å². The Kier molecular flexibility index (Phi) is 12.7. The molecule has 1 aliphatic heterocycles. The van der Waals surface area contributed by atoms with Gasteiger partial charge in [-0.3, -0.25) is 0 Å². The first-order chi connectivity index (χ1) is 18.3. The topological polar surface area (TPSA) is 94.1 Å². The molecule has 3 rings (SSSR count). The number of fused-ring (bicyclic) bond motifs is 1. The molecule has 216 valence electrons. The van der Waals surface area contributed by atoms with Crippen molar-refractivity contribution in [3.63, 3.8) is 0 Å². The van der Waals surface area contributed by atoms with Crippen molar-refractivity contribution in [1.29, 1.82) is 0 Å². The van der Waals surface area contributed by atoms with E-state index in [2.05, 4.69) is 0 Å². The second-order valence-electron chi connectivity index (χ2n) is 9.01. The van der Waals surface area contributed by atoms with Gasteiger partial charge >= 0.3 is 6.18 Å². The van der Waals surface area contributed by atoms with Crippen molar-refractivity contribution < 1.29 is 56.2 Å². The van der Waals surface area contributed by atoms with Crippen LogP contribution >= 0.6 is 0 Å². The third-order valence-corrected chi connectivity index (χ3v) is 6.39. The highest BCUT2D eigenvalue weighted by atomic mass is 19.4. The first kappa shape index (κ1) is 30.8. The minimum Gasteiger partial charge on any atom is -0.491 e. The Morgan fingerprint density at radius 2 is 1.79 bits per heavy atom. The number of benzene rings is 1. The molecule has 0 aromatic heterocycles. The highest BCUT2D eigenvalue weighted by Crippen LogP contribution is 2.44. The number of alkyl halides is 3. The van der Waals surface area contributed by atoms with Gasteiger partial charge in [-0.05, 0) is 24.1 Å². The van der Waals surface area contributed by atoms with Crippen LogP contribution in [0.2, 0.25) is 0 Å². The van der Waals surface area contributed by atoms with E-state index in [1.165, 1.54) is 12.1 Å². The predicted octanol–water partition coefficient (Wildman–Crippen LogP) is 3.40. The van der Waals surface area contributed by atoms with Gasteiger partial charge in [-0.25, -0.2) is 0 Å². The van der Waals surface area contributed by atoms with Crippen LogP contribution in [0.5, 0.6) is 5.75 Å². The summed E-state index contributed by atoms with van der Waals surface area (Å²) >= 11 is 0. The number of ether oxygens (including phenoxy) is 8. The van der Waals surface area contributed by atoms with Crippen molar-refractivity contribution in [2.75, 3.05) is 60.8 Å². The van der Waals surface area contributed by atoms with Gasteiger partial charge in [0.25, 0.3) is 0 Å². The molecule has 1 saturated carbocycles. The summed E-state index contributed by atoms with van der Waals surface area (Å²) in [5.41, 5.74) is -0.796. The number of methoxy groups -OCH3 is 2. The van der Waals surface area contributed by atoms with Crippen LogP contribution in [0.1, 0.15) is 18.4 Å². The fourth-order valence-corrected chi connectivity index (χ4v) is 4.51. The molecule has 6 atom stereocenters. The lowest BCUT2D eigenvalue weighted by Gasteiger charge is -2.22. The summed E-state index contributed by atoms with van der Waals surface area (Å²) in [4.78, 5) is 0. The molecule has 2 fully saturated rings. The van der Waals surface area contributed by atoms with E-state index in [-0.39, 0.29) is 50.0 Å². The molecule has 0 spiro atoms. The van der Waals surface area contributed by atoms with Gasteiger partial charge in [0, 0.05) is 33.0 Å². The van der Waals surface area contributed by atoms with E-state index in [0.29, 0.717) is 39.3 Å². The summed E-state index contributed by atoms with van der Waals surface area (Å²) < 4.78 is 83.0. The van der Waals surface area contributed by atoms with E-state index in [1.807, 2.05) is 6.08 Å². The quantitative estimate of drug-likeness (QED) is 0.178. The first-order valence-corrected chi connectivity index (χ1v) is 12.5. The van der Waals surface area contributed by atoms with Crippen molar-refractivity contribution in [3.05, 3.63) is 42.0 Å². The molecule has 1 unspecified atom stereocenters. The molecule has 12 heteroatoms. The summed E-state index contributed by atoms with van der Waals surface area (Å²) in [5.74, 6) is 0.00949. The summed E-state index contributed by atoms with van der Waals surface area (Å²) in [6.07, 6.45) is -1.51. The fourth-order valence-electron chi connectivity index (χ4n) is 4.51. The lowest BCUT2D eigenvalue weighted by molar-refractivity contribution is -0.137. The van der Waals surface area contributed by atoms with Crippen molar-refractivity contribution >= 4 is 0 Å². The fraction of sp³-hybridized carbons (Fsp3) is 0.692. The van der Waals surface area contributed by atoms with Gasteiger partial charge in [0.1, 0.15) is 32.0 Å². The van der Waals surface area contributed by atoms with Crippen LogP contribution in [0, 0.1) is 11.8 Å². The molecule has 38 heavy (non-hydrogen) atoms. The van der Waals surface area contributed by atoms with E-state index < -0.39 is 24.1 Å². The van der Waals surface area contributed by atoms with Gasteiger partial charge in [-0.15, -0.1) is 0 Å². The lowest BCUT2D eigenvalue weighted by atomic mass is 9.91. The number of aliphatic hydroxyl groups is 1. The molecular formula is C26H37F3O9. The molecule has 1 aliphatic carbocycles.